The first-order valence-corrected chi connectivity index (χ1v) is 29.4. The molecule has 2 aromatic rings. The van der Waals surface area contributed by atoms with E-state index >= 15 is 0 Å². The molecule has 384 valence electrons. The smallest absolute Gasteiger partial charge is 0.0665 e. The number of aliphatic imine (C=N–C) groups is 2. The summed E-state index contributed by atoms with van der Waals surface area (Å²) in [7, 11) is 0. The average Bonchev–Trinajstić information content (AvgIpc) is 3.34. The van der Waals surface area contributed by atoms with Crippen LogP contribution in [0.2, 0.25) is 0 Å². The Morgan fingerprint density at radius 3 is 1.01 bits per heavy atom. The normalized spacial score (nSPS) is 12.1. The molecular weight excluding hydrogens is 855 g/mol. The Balaban J connectivity index is 0.0000224. The zero-order valence-corrected chi connectivity index (χ0v) is 45.6. The second-order valence-electron chi connectivity index (χ2n) is 20.1. The summed E-state index contributed by atoms with van der Waals surface area (Å²) in [6.45, 7) is 6.87. The van der Waals surface area contributed by atoms with Crippen molar-refractivity contribution in [2.75, 3.05) is 0 Å². The van der Waals surface area contributed by atoms with Crippen LogP contribution in [-0.2, 0) is 29.3 Å². The van der Waals surface area contributed by atoms with Gasteiger partial charge in [0.2, 0.25) is 0 Å². The first-order chi connectivity index (χ1) is 32.8. The molecule has 67 heavy (non-hydrogen) atoms. The van der Waals surface area contributed by atoms with Crippen LogP contribution in [0.1, 0.15) is 295 Å². The van der Waals surface area contributed by atoms with Gasteiger partial charge in [0.1, 0.15) is 0 Å². The molecule has 0 atom stereocenters. The molecule has 0 radical (unpaired) electrons. The predicted molar refractivity (Wildman–Crippen MR) is 300 cm³/mol. The summed E-state index contributed by atoms with van der Waals surface area (Å²) in [5, 5.41) is 0. The predicted octanol–water partition coefficient (Wildman–Crippen LogP) is 22.4. The molecule has 2 aromatic carbocycles. The summed E-state index contributed by atoms with van der Waals surface area (Å²) >= 11 is 0. The number of unbranched alkanes of at least 4 members (excludes halogenated alkanes) is 35. The van der Waals surface area contributed by atoms with Gasteiger partial charge < -0.3 is 0 Å². The first-order valence-electron chi connectivity index (χ1n) is 29.4. The van der Waals surface area contributed by atoms with E-state index in [4.69, 9.17) is 9.98 Å². The largest absolute Gasteiger partial charge is 0.255 e. The number of allylic oxidation sites excluding steroid dienone is 4. The van der Waals surface area contributed by atoms with Crippen LogP contribution < -0.4 is 0 Å². The summed E-state index contributed by atoms with van der Waals surface area (Å²) in [5.74, 6) is 0. The third-order valence-corrected chi connectivity index (χ3v) is 13.8. The molecule has 2 nitrogen and oxygen atoms in total. The summed E-state index contributed by atoms with van der Waals surface area (Å²) in [6, 6.07) is 17.5. The maximum Gasteiger partial charge on any atom is 0.0665 e. The number of para-hydroxylation sites is 2. The van der Waals surface area contributed by atoms with Gasteiger partial charge in [0.05, 0.1) is 17.1 Å². The third kappa shape index (κ3) is 39.2. The zero-order chi connectivity index (χ0) is 46.9. The molecule has 0 spiro atoms. The summed E-state index contributed by atoms with van der Waals surface area (Å²) in [6.07, 6.45) is 70.3. The number of benzene rings is 2. The molecule has 2 rings (SSSR count). The van der Waals surface area contributed by atoms with Crippen molar-refractivity contribution in [3.8, 4) is 0 Å². The van der Waals surface area contributed by atoms with Gasteiger partial charge in [0, 0.05) is 22.7 Å². The fourth-order valence-corrected chi connectivity index (χ4v) is 9.41. The number of nitrogens with zero attached hydrogens (tertiary/aromatic N) is 2. The Labute approximate surface area is 428 Å². The van der Waals surface area contributed by atoms with Crippen LogP contribution in [0.5, 0.6) is 0 Å². The molecule has 0 aliphatic carbocycles. The van der Waals surface area contributed by atoms with Crippen molar-refractivity contribution in [1.82, 2.24) is 0 Å². The van der Waals surface area contributed by atoms with Gasteiger partial charge in [0.15, 0.2) is 0 Å². The molecule has 0 aliphatic rings. The summed E-state index contributed by atoms with van der Waals surface area (Å²) in [5.41, 5.74) is 5.94. The fourth-order valence-electron chi connectivity index (χ4n) is 9.41. The van der Waals surface area contributed by atoms with Gasteiger partial charge >= 0.3 is 0 Å². The van der Waals surface area contributed by atoms with Gasteiger partial charge in [-0.25, -0.2) is 0 Å². The molecular formula is C64H108N2Ni. The van der Waals surface area contributed by atoms with Gasteiger partial charge in [-0.05, 0) is 87.5 Å². The van der Waals surface area contributed by atoms with E-state index in [1.165, 1.54) is 242 Å². The van der Waals surface area contributed by atoms with E-state index in [-0.39, 0.29) is 16.5 Å². The van der Waals surface area contributed by atoms with E-state index in [1.54, 1.807) is 0 Å². The molecule has 0 unspecified atom stereocenters. The van der Waals surface area contributed by atoms with Crippen molar-refractivity contribution < 1.29 is 16.5 Å². The second kappa shape index (κ2) is 50.2. The van der Waals surface area contributed by atoms with Gasteiger partial charge in [0.25, 0.3) is 0 Å². The Morgan fingerprint density at radius 2 is 0.642 bits per heavy atom. The van der Waals surface area contributed by atoms with Gasteiger partial charge in [-0.15, -0.1) is 0 Å². The van der Waals surface area contributed by atoms with Crippen LogP contribution in [0.15, 0.2) is 82.8 Å². The van der Waals surface area contributed by atoms with Gasteiger partial charge in [-0.1, -0.05) is 293 Å². The van der Waals surface area contributed by atoms with E-state index in [9.17, 15) is 0 Å². The van der Waals surface area contributed by atoms with Gasteiger partial charge in [-0.3, -0.25) is 9.98 Å². The van der Waals surface area contributed by atoms with Crippen LogP contribution in [0.25, 0.3) is 0 Å². The van der Waals surface area contributed by atoms with Crippen molar-refractivity contribution >= 4 is 23.3 Å². The summed E-state index contributed by atoms with van der Waals surface area (Å²) in [4.78, 5) is 10.3. The molecule has 0 amide bonds. The Morgan fingerprint density at radius 1 is 0.343 bits per heavy atom. The standard InChI is InChI=1S/C64H108N2.Ni/c1-4-7-10-12-14-16-18-20-22-24-26-28-30-32-34-36-38-40-42-44-46-52-60-54-48-50-57-63(60)65-59-62(56-9-6-3)66-64-58-51-49-55-61(64)53-47-45-43-41-39-37-35-33-31-29-27-25-23-21-19-17-15-13-11-8-5-2;/h42-45,48-51,54-55,57-59H,4-41,46-47,52-53,56H2,1-3H3;/b44-42+,45-43+,65-59?,66-62?;. The minimum absolute atomic E-state index is 0. The molecule has 0 aromatic heterocycles. The minimum atomic E-state index is 0. The van der Waals surface area contributed by atoms with E-state index in [2.05, 4.69) is 99.8 Å². The van der Waals surface area contributed by atoms with Crippen molar-refractivity contribution in [2.45, 2.75) is 297 Å². The molecule has 0 saturated carbocycles. The molecule has 0 heterocycles. The molecule has 0 N–H and O–H groups in total. The maximum absolute atomic E-state index is 5.24. The van der Waals surface area contributed by atoms with Gasteiger partial charge in [-0.2, -0.15) is 0 Å². The molecule has 0 bridgehead atoms. The molecule has 0 aliphatic heterocycles. The molecule has 3 heteroatoms. The minimum Gasteiger partial charge on any atom is -0.255 e. The molecule has 0 saturated heterocycles. The quantitative estimate of drug-likeness (QED) is 0.0273. The number of aryl methyl sites for hydroxylation is 2. The fraction of sp³-hybridized carbons (Fsp3) is 0.719. The van der Waals surface area contributed by atoms with Crippen LogP contribution in [0.4, 0.5) is 11.4 Å². The van der Waals surface area contributed by atoms with E-state index in [1.807, 2.05) is 0 Å². The van der Waals surface area contributed by atoms with E-state index in [0.29, 0.717) is 0 Å². The summed E-state index contributed by atoms with van der Waals surface area (Å²) < 4.78 is 0. The van der Waals surface area contributed by atoms with Crippen LogP contribution in [0.3, 0.4) is 0 Å². The Bertz CT molecular complexity index is 1450. The zero-order valence-electron chi connectivity index (χ0n) is 44.6. The third-order valence-electron chi connectivity index (χ3n) is 13.8. The Hall–Kier alpha value is -2.25. The Kier molecular flexibility index (Phi) is 47.0. The maximum atomic E-state index is 5.24. The van der Waals surface area contributed by atoms with Crippen LogP contribution >= 0.6 is 0 Å². The van der Waals surface area contributed by atoms with Crippen molar-refractivity contribution in [3.05, 3.63) is 84.0 Å². The van der Waals surface area contributed by atoms with Crippen LogP contribution in [-0.4, -0.2) is 11.9 Å². The number of rotatable bonds is 48. The van der Waals surface area contributed by atoms with Crippen molar-refractivity contribution in [3.63, 3.8) is 0 Å². The molecule has 0 fully saturated rings. The average molecular weight is 964 g/mol. The van der Waals surface area contributed by atoms with Crippen molar-refractivity contribution in [1.29, 1.82) is 0 Å². The second-order valence-corrected chi connectivity index (χ2v) is 20.1. The SMILES string of the molecule is CCCCCCCCCCCCCCCCCCC/C=C/CCc1ccccc1N=CC(CCCC)=Nc1ccccc1CC/C=C/CCCCCCCCCCCCCCCCCCC.[Ni]. The number of hydrogen-bond donors (Lipinski definition) is 0. The topological polar surface area (TPSA) is 24.7 Å². The van der Waals surface area contributed by atoms with Crippen molar-refractivity contribution in [2.24, 2.45) is 9.98 Å². The monoisotopic (exact) mass is 963 g/mol. The van der Waals surface area contributed by atoms with E-state index in [0.717, 1.165) is 62.0 Å². The van der Waals surface area contributed by atoms with Crippen LogP contribution in [0, 0.1) is 0 Å². The number of hydrogen-bond acceptors (Lipinski definition) is 2. The van der Waals surface area contributed by atoms with E-state index < -0.39 is 0 Å². The first kappa shape index (κ1) is 62.8.